The van der Waals surface area contributed by atoms with Crippen molar-refractivity contribution in [3.63, 3.8) is 0 Å². The molecule has 8 rings (SSSR count). The molecule has 0 saturated carbocycles. The van der Waals surface area contributed by atoms with Crippen LogP contribution in [0.25, 0.3) is 25.6 Å². The van der Waals surface area contributed by atoms with E-state index in [4.69, 9.17) is 30.3 Å². The van der Waals surface area contributed by atoms with Crippen LogP contribution in [0.15, 0.2) is 98.9 Å². The molecule has 0 aliphatic heterocycles. The van der Waals surface area contributed by atoms with Crippen LogP contribution >= 0.6 is 22.7 Å². The molecule has 0 spiro atoms. The van der Waals surface area contributed by atoms with Gasteiger partial charge in [-0.25, -0.2) is 0 Å². The molecular formula is C50H52IN10O6S4-. The normalized spacial score (nSPS) is 12.6. The number of hydrogen-bond acceptors (Lipinski definition) is 15. The SMILES string of the molecule is CCC[I-]c1cccc(C(C)C)c1Nc1nc(N(c2nc3ccc(S(=O)(=O)O)cc3s2)c2c(C(C)C)ccc(S(=O)(=O)O)c2C)cc(C)c1N=Nc1c(C#N)c(C(C)(C)C)nn1-c1nc2ccccc2s1. The Morgan fingerprint density at radius 3 is 2.21 bits per heavy atom. The maximum absolute atomic E-state index is 13.0. The zero-order valence-electron chi connectivity index (χ0n) is 40.6. The van der Waals surface area contributed by atoms with Gasteiger partial charge in [-0.2, -0.15) is 8.42 Å². The van der Waals surface area contributed by atoms with Crippen LogP contribution in [0.5, 0.6) is 0 Å². The molecule has 4 aromatic carbocycles. The number of para-hydroxylation sites is 2. The number of anilines is 5. The molecule has 370 valence electrons. The van der Waals surface area contributed by atoms with Crippen LogP contribution < -0.4 is 31.4 Å². The van der Waals surface area contributed by atoms with Crippen LogP contribution in [0.3, 0.4) is 0 Å². The van der Waals surface area contributed by atoms with Crippen LogP contribution in [0, 0.1) is 28.7 Å². The average molecular weight is 1140 g/mol. The fourth-order valence-electron chi connectivity index (χ4n) is 8.07. The van der Waals surface area contributed by atoms with E-state index in [0.29, 0.717) is 43.5 Å². The summed E-state index contributed by atoms with van der Waals surface area (Å²) in [6.45, 7) is 19.7. The van der Waals surface area contributed by atoms with E-state index in [9.17, 15) is 31.2 Å². The zero-order chi connectivity index (χ0) is 51.3. The van der Waals surface area contributed by atoms with E-state index in [1.54, 1.807) is 28.6 Å². The number of halogens is 1. The number of nitrogens with zero attached hydrogens (tertiary/aromatic N) is 9. The molecule has 0 saturated heterocycles. The third-order valence-corrected chi connectivity index (χ3v) is 18.7. The van der Waals surface area contributed by atoms with Gasteiger partial charge in [0.25, 0.3) is 10.1 Å². The molecule has 0 atom stereocenters. The first-order valence-electron chi connectivity index (χ1n) is 22.6. The van der Waals surface area contributed by atoms with E-state index in [0.717, 1.165) is 47.2 Å². The Balaban J connectivity index is 1.44. The van der Waals surface area contributed by atoms with Gasteiger partial charge in [-0.05, 0) is 12.1 Å². The molecule has 0 aliphatic carbocycles. The number of nitriles is 1. The Bertz CT molecular complexity index is 3650. The molecule has 0 amide bonds. The number of pyridine rings is 1. The molecule has 0 unspecified atom stereocenters. The molecule has 21 heteroatoms. The van der Waals surface area contributed by atoms with E-state index in [1.165, 1.54) is 35.6 Å². The van der Waals surface area contributed by atoms with Gasteiger partial charge < -0.3 is 0 Å². The van der Waals surface area contributed by atoms with Crippen molar-refractivity contribution in [2.75, 3.05) is 14.6 Å². The predicted octanol–water partition coefficient (Wildman–Crippen LogP) is 10.3. The Kier molecular flexibility index (Phi) is 14.6. The van der Waals surface area contributed by atoms with Crippen LogP contribution in [0.2, 0.25) is 0 Å². The molecule has 0 aliphatic rings. The predicted molar refractivity (Wildman–Crippen MR) is 277 cm³/mol. The van der Waals surface area contributed by atoms with Crippen LogP contribution in [-0.2, 0) is 25.7 Å². The summed E-state index contributed by atoms with van der Waals surface area (Å²) < 4.78 is 76.3. The quantitative estimate of drug-likeness (QED) is 0.0376. The molecule has 0 radical (unpaired) electrons. The van der Waals surface area contributed by atoms with Gasteiger partial charge in [0, 0.05) is 0 Å². The summed E-state index contributed by atoms with van der Waals surface area (Å²) in [6, 6.07) is 25.2. The minimum absolute atomic E-state index is 0.0981. The van der Waals surface area contributed by atoms with Gasteiger partial charge in [-0.15, -0.1) is 0 Å². The van der Waals surface area contributed by atoms with Crippen LogP contribution in [0.4, 0.5) is 39.6 Å². The number of azo groups is 1. The molecule has 71 heavy (non-hydrogen) atoms. The molecule has 8 aromatic rings. The summed E-state index contributed by atoms with van der Waals surface area (Å²) in [6.07, 6.45) is 1.01. The second-order valence-electron chi connectivity index (χ2n) is 18.5. The first-order chi connectivity index (χ1) is 33.5. The number of rotatable bonds is 15. The zero-order valence-corrected chi connectivity index (χ0v) is 46.1. The number of benzene rings is 4. The van der Waals surface area contributed by atoms with Gasteiger partial charge in [0.1, 0.15) is 0 Å². The third-order valence-electron chi connectivity index (χ3n) is 11.5. The van der Waals surface area contributed by atoms with E-state index in [-0.39, 0.29) is 55.3 Å². The average Bonchev–Trinajstić information content (AvgIpc) is 4.03. The van der Waals surface area contributed by atoms with E-state index < -0.39 is 46.9 Å². The fourth-order valence-corrected chi connectivity index (χ4v) is 13.7. The number of aryl methyl sites for hydroxylation is 1. The van der Waals surface area contributed by atoms with Crippen molar-refractivity contribution in [2.45, 2.75) is 103 Å². The molecule has 0 fully saturated rings. The molecule has 0 bridgehead atoms. The number of fused-ring (bicyclic) bond motifs is 2. The first-order valence-corrected chi connectivity index (χ1v) is 29.7. The summed E-state index contributed by atoms with van der Waals surface area (Å²) >= 11 is 2.06. The number of hydrogen-bond donors (Lipinski definition) is 3. The van der Waals surface area contributed by atoms with Crippen molar-refractivity contribution >= 4 is 103 Å². The minimum atomic E-state index is -4.74. The summed E-state index contributed by atoms with van der Waals surface area (Å²) in [7, 11) is -9.32. The second kappa shape index (κ2) is 20.0. The number of thiazole rings is 2. The maximum atomic E-state index is 13.0. The molecule has 4 heterocycles. The van der Waals surface area contributed by atoms with Gasteiger partial charge in [0.15, 0.2) is 0 Å². The van der Waals surface area contributed by atoms with Crippen LogP contribution in [0.1, 0.15) is 107 Å². The molecular weight excluding hydrogens is 1090 g/mol. The Hall–Kier alpha value is -5.74. The Morgan fingerprint density at radius 2 is 1.56 bits per heavy atom. The summed E-state index contributed by atoms with van der Waals surface area (Å²) in [4.78, 5) is 16.3. The van der Waals surface area contributed by atoms with Crippen molar-refractivity contribution in [1.29, 1.82) is 5.26 Å². The standard InChI is InChI=1S/C50H52IN10O6S4/c1-11-23-51-35-16-14-15-32(27(2)3)43(35)56-46-42(57-58-47-34(26-52)45(50(8,9)10)59-61(47)49-54-36-17-12-13-18-38(36)68-49)29(6)24-41(55-46)60(44-30(7)40(71(65,66)67)22-20-33(44)28(4)5)48-53-37-21-19-31(70(62,63)64)25-39(37)69-48/h12-22,24-25,27-28H,11,23H2,1-10H3,(H,55,56)(H,62,63,64)(H,65,66,67)/q-1. The second-order valence-corrected chi connectivity index (χ2v) is 26.3. The van der Waals surface area contributed by atoms with E-state index in [2.05, 4.69) is 50.4 Å². The van der Waals surface area contributed by atoms with Gasteiger partial charge in [-0.1, -0.05) is 12.1 Å². The third kappa shape index (κ3) is 10.5. The number of alkyl halides is 1. The van der Waals surface area contributed by atoms with Crippen molar-refractivity contribution in [3.05, 3.63) is 116 Å². The van der Waals surface area contributed by atoms with Gasteiger partial charge >= 0.3 is 387 Å². The van der Waals surface area contributed by atoms with Gasteiger partial charge in [-0.3, -0.25) is 4.55 Å². The van der Waals surface area contributed by atoms with Gasteiger partial charge in [0.05, 0.1) is 0 Å². The number of aromatic nitrogens is 5. The van der Waals surface area contributed by atoms with Crippen LogP contribution in [-0.4, -0.2) is 55.1 Å². The molecule has 4 aromatic heterocycles. The molecule has 16 nitrogen and oxygen atoms in total. The summed E-state index contributed by atoms with van der Waals surface area (Å²) in [5.74, 6) is 0.649. The van der Waals surface area contributed by atoms with E-state index >= 15 is 0 Å². The summed E-state index contributed by atoms with van der Waals surface area (Å²) in [5.41, 5.74) is 5.51. The first kappa shape index (κ1) is 51.6. The fraction of sp³-hybridized carbons (Fsp3) is 0.300. The van der Waals surface area contributed by atoms with Crippen molar-refractivity contribution in [1.82, 2.24) is 24.7 Å². The molecule has 3 N–H and O–H groups in total. The Labute approximate surface area is 431 Å². The topological polar surface area (TPSA) is 229 Å². The van der Waals surface area contributed by atoms with Crippen molar-refractivity contribution in [2.24, 2.45) is 10.2 Å². The summed E-state index contributed by atoms with van der Waals surface area (Å²) in [5, 5.41) is 30.1. The van der Waals surface area contributed by atoms with Gasteiger partial charge in [0.2, 0.25) is 0 Å². The monoisotopic (exact) mass is 1140 g/mol. The van der Waals surface area contributed by atoms with Crippen molar-refractivity contribution in [3.8, 4) is 11.2 Å². The number of nitrogens with one attached hydrogen (secondary N) is 1. The van der Waals surface area contributed by atoms with E-state index in [1.807, 2.05) is 65.8 Å². The van der Waals surface area contributed by atoms with Crippen molar-refractivity contribution < 1.29 is 47.1 Å². The Morgan fingerprint density at radius 1 is 0.845 bits per heavy atom.